The van der Waals surface area contributed by atoms with E-state index in [0.717, 1.165) is 51.5 Å². The first-order chi connectivity index (χ1) is 12.9. The molecule has 1 unspecified atom stereocenters. The first-order valence-corrected chi connectivity index (χ1v) is 11.0. The molecule has 0 radical (unpaired) electrons. The standard InChI is InChI=1S/C23H31NO3/c1-12-11-24-20-22(12)9-8-21(2)16(18(22)25)7-5-13-4-6-14-15(19(26)27-3)10-23(20,21)17(13)14/h12,14-16,18,25H,4-11H2,1-3H3/t12-,14-,15-,16+,18-,21+,22?,23+/m1/s1. The topological polar surface area (TPSA) is 58.9 Å². The van der Waals surface area contributed by atoms with E-state index in [9.17, 15) is 9.90 Å². The summed E-state index contributed by atoms with van der Waals surface area (Å²) in [7, 11) is 1.54. The minimum Gasteiger partial charge on any atom is -0.469 e. The molecule has 8 atom stereocenters. The molecule has 7 aliphatic rings. The van der Waals surface area contributed by atoms with Crippen LogP contribution in [-0.2, 0) is 9.53 Å². The number of aliphatic hydroxyl groups is 1. The van der Waals surface area contributed by atoms with Gasteiger partial charge in [0.2, 0.25) is 0 Å². The molecule has 0 saturated heterocycles. The maximum atomic E-state index is 12.8. The number of hydrogen-bond donors (Lipinski definition) is 1. The molecule has 0 amide bonds. The van der Waals surface area contributed by atoms with Crippen LogP contribution in [0.15, 0.2) is 16.1 Å². The van der Waals surface area contributed by atoms with Crippen LogP contribution >= 0.6 is 0 Å². The van der Waals surface area contributed by atoms with Gasteiger partial charge in [-0.25, -0.2) is 0 Å². The predicted octanol–water partition coefficient (Wildman–Crippen LogP) is 3.53. The van der Waals surface area contributed by atoms with Crippen LogP contribution in [0.3, 0.4) is 0 Å². The Morgan fingerprint density at radius 2 is 2.04 bits per heavy atom. The first-order valence-electron chi connectivity index (χ1n) is 11.0. The molecule has 0 aromatic rings. The minimum absolute atomic E-state index is 0.0229. The fraction of sp³-hybridized carbons (Fsp3) is 0.826. The van der Waals surface area contributed by atoms with Gasteiger partial charge in [-0.3, -0.25) is 9.79 Å². The van der Waals surface area contributed by atoms with Crippen molar-refractivity contribution >= 4 is 11.7 Å². The van der Waals surface area contributed by atoms with Gasteiger partial charge in [-0.05, 0) is 68.1 Å². The van der Waals surface area contributed by atoms with Crippen molar-refractivity contribution in [3.63, 3.8) is 0 Å². The molecule has 2 spiro atoms. The van der Waals surface area contributed by atoms with Gasteiger partial charge in [-0.2, -0.15) is 0 Å². The zero-order valence-electron chi connectivity index (χ0n) is 16.8. The highest BCUT2D eigenvalue weighted by Gasteiger charge is 2.78. The fourth-order valence-corrected chi connectivity index (χ4v) is 9.11. The normalized spacial score (nSPS) is 54.5. The number of nitrogens with zero attached hydrogens (tertiary/aromatic N) is 1. The Labute approximate surface area is 161 Å². The van der Waals surface area contributed by atoms with Gasteiger partial charge in [0.15, 0.2) is 0 Å². The van der Waals surface area contributed by atoms with E-state index in [-0.39, 0.29) is 34.2 Å². The van der Waals surface area contributed by atoms with E-state index in [2.05, 4.69) is 13.8 Å². The summed E-state index contributed by atoms with van der Waals surface area (Å²) < 4.78 is 5.27. The van der Waals surface area contributed by atoms with Gasteiger partial charge in [0.05, 0.1) is 19.1 Å². The summed E-state index contributed by atoms with van der Waals surface area (Å²) >= 11 is 0. The maximum Gasteiger partial charge on any atom is 0.309 e. The Morgan fingerprint density at radius 1 is 1.26 bits per heavy atom. The molecule has 27 heavy (non-hydrogen) atoms. The maximum absolute atomic E-state index is 12.8. The van der Waals surface area contributed by atoms with Crippen molar-refractivity contribution < 1.29 is 14.6 Å². The second-order valence-corrected chi connectivity index (χ2v) is 10.5. The molecular weight excluding hydrogens is 338 g/mol. The molecule has 4 fully saturated rings. The number of ether oxygens (including phenoxy) is 1. The fourth-order valence-electron chi connectivity index (χ4n) is 9.11. The van der Waals surface area contributed by atoms with Gasteiger partial charge in [0.1, 0.15) is 0 Å². The third kappa shape index (κ3) is 1.50. The molecule has 1 heterocycles. The SMILES string of the molecule is COC(=O)[C@@H]1C[C@]23C4=NC[C@@H](C)C45CC[C@@]2(C)[C@@H](CCC2=C3[C@@H]1CC2)[C@H]5O. The van der Waals surface area contributed by atoms with Gasteiger partial charge >= 0.3 is 5.97 Å². The van der Waals surface area contributed by atoms with E-state index in [0.29, 0.717) is 17.8 Å². The molecule has 1 N–H and O–H groups in total. The number of carbonyl (C=O) groups is 1. The highest BCUT2D eigenvalue weighted by Crippen LogP contribution is 2.79. The number of carbonyl (C=O) groups excluding carboxylic acids is 1. The number of hydrogen-bond acceptors (Lipinski definition) is 4. The van der Waals surface area contributed by atoms with Crippen molar-refractivity contribution in [1.29, 1.82) is 0 Å². The van der Waals surface area contributed by atoms with E-state index in [1.165, 1.54) is 12.8 Å². The van der Waals surface area contributed by atoms with E-state index < -0.39 is 0 Å². The molecule has 4 nitrogen and oxygen atoms in total. The Morgan fingerprint density at radius 3 is 2.81 bits per heavy atom. The molecule has 1 aliphatic heterocycles. The number of rotatable bonds is 1. The van der Waals surface area contributed by atoms with E-state index in [4.69, 9.17) is 9.73 Å². The lowest BCUT2D eigenvalue weighted by Crippen LogP contribution is -2.71. The molecule has 6 aliphatic carbocycles. The number of esters is 1. The third-order valence-corrected chi connectivity index (χ3v) is 10.2. The molecule has 0 aromatic carbocycles. The smallest absolute Gasteiger partial charge is 0.309 e. The molecule has 0 aromatic heterocycles. The van der Waals surface area contributed by atoms with E-state index >= 15 is 0 Å². The Kier molecular flexibility index (Phi) is 3.02. The summed E-state index contributed by atoms with van der Waals surface area (Å²) in [6, 6.07) is 0. The van der Waals surface area contributed by atoms with Crippen molar-refractivity contribution in [2.45, 2.75) is 64.9 Å². The highest BCUT2D eigenvalue weighted by molar-refractivity contribution is 6.04. The van der Waals surface area contributed by atoms with Crippen LogP contribution in [0.25, 0.3) is 0 Å². The summed E-state index contributed by atoms with van der Waals surface area (Å²) in [6.45, 7) is 5.57. The lowest BCUT2D eigenvalue weighted by molar-refractivity contribution is -0.157. The second-order valence-electron chi connectivity index (χ2n) is 10.5. The van der Waals surface area contributed by atoms with Crippen LogP contribution in [-0.4, -0.2) is 36.5 Å². The van der Waals surface area contributed by atoms with Crippen LogP contribution < -0.4 is 0 Å². The van der Waals surface area contributed by atoms with Crippen molar-refractivity contribution in [1.82, 2.24) is 0 Å². The van der Waals surface area contributed by atoms with Gasteiger partial charge in [0.25, 0.3) is 0 Å². The van der Waals surface area contributed by atoms with Crippen molar-refractivity contribution in [3.8, 4) is 0 Å². The van der Waals surface area contributed by atoms with Crippen LogP contribution in [0, 0.1) is 39.9 Å². The first kappa shape index (κ1) is 16.8. The lowest BCUT2D eigenvalue weighted by Gasteiger charge is -2.68. The summed E-state index contributed by atoms with van der Waals surface area (Å²) in [4.78, 5) is 18.0. The third-order valence-electron chi connectivity index (χ3n) is 10.2. The van der Waals surface area contributed by atoms with Crippen LogP contribution in [0.5, 0.6) is 0 Å². The van der Waals surface area contributed by atoms with Crippen LogP contribution in [0.1, 0.15) is 58.8 Å². The number of allylic oxidation sites excluding steroid dienone is 2. The van der Waals surface area contributed by atoms with Crippen molar-refractivity contribution in [2.75, 3.05) is 13.7 Å². The average molecular weight is 370 g/mol. The number of aliphatic imine (C=N–C) groups is 1. The molecule has 4 saturated carbocycles. The molecule has 4 heteroatoms. The van der Waals surface area contributed by atoms with Crippen molar-refractivity contribution in [3.05, 3.63) is 11.1 Å². The van der Waals surface area contributed by atoms with Crippen LogP contribution in [0.4, 0.5) is 0 Å². The van der Waals surface area contributed by atoms with Gasteiger partial charge in [-0.1, -0.05) is 25.0 Å². The Balaban J connectivity index is 1.65. The molecule has 4 bridgehead atoms. The summed E-state index contributed by atoms with van der Waals surface area (Å²) in [5.41, 5.74) is 4.28. The summed E-state index contributed by atoms with van der Waals surface area (Å²) in [5.74, 6) is 1.03. The zero-order valence-corrected chi connectivity index (χ0v) is 16.8. The number of methoxy groups -OCH3 is 1. The molecule has 7 rings (SSSR count). The largest absolute Gasteiger partial charge is 0.469 e. The van der Waals surface area contributed by atoms with Gasteiger partial charge in [0, 0.05) is 23.1 Å². The van der Waals surface area contributed by atoms with E-state index in [1.807, 2.05) is 0 Å². The summed E-state index contributed by atoms with van der Waals surface area (Å²) in [6.07, 6.45) is 7.28. The minimum atomic E-state index is -0.270. The zero-order chi connectivity index (χ0) is 18.8. The van der Waals surface area contributed by atoms with Gasteiger partial charge in [-0.15, -0.1) is 0 Å². The highest BCUT2D eigenvalue weighted by atomic mass is 16.5. The summed E-state index contributed by atoms with van der Waals surface area (Å²) in [5, 5.41) is 11.6. The number of aliphatic hydroxyl groups excluding tert-OH is 1. The van der Waals surface area contributed by atoms with Crippen molar-refractivity contribution in [2.24, 2.45) is 44.9 Å². The van der Waals surface area contributed by atoms with E-state index in [1.54, 1.807) is 11.1 Å². The average Bonchev–Trinajstić information content (AvgIpc) is 3.29. The lowest BCUT2D eigenvalue weighted by atomic mass is 9.35. The van der Waals surface area contributed by atoms with Crippen LogP contribution in [0.2, 0.25) is 0 Å². The molecular formula is C23H31NO3. The quantitative estimate of drug-likeness (QED) is 0.568. The Hall–Kier alpha value is -1.16. The second kappa shape index (κ2) is 4.87. The molecule has 146 valence electrons. The van der Waals surface area contributed by atoms with Gasteiger partial charge < -0.3 is 9.84 Å². The number of fused-ring (bicyclic) bond motifs is 1. The monoisotopic (exact) mass is 369 g/mol. The predicted molar refractivity (Wildman–Crippen MR) is 102 cm³/mol. The Bertz CT molecular complexity index is 814.